The zero-order chi connectivity index (χ0) is 14.8. The van der Waals surface area contributed by atoms with Crippen molar-refractivity contribution < 1.29 is 9.84 Å². The largest absolute Gasteiger partial charge is 0.496 e. The summed E-state index contributed by atoms with van der Waals surface area (Å²) in [4.78, 5) is 0. The third-order valence-electron chi connectivity index (χ3n) is 4.40. The first-order valence-electron chi connectivity index (χ1n) is 6.95. The van der Waals surface area contributed by atoms with Crippen molar-refractivity contribution in [3.63, 3.8) is 0 Å². The van der Waals surface area contributed by atoms with Crippen molar-refractivity contribution in [3.05, 3.63) is 28.2 Å². The first kappa shape index (κ1) is 15.3. The lowest BCUT2D eigenvalue weighted by Gasteiger charge is -2.37. The highest BCUT2D eigenvalue weighted by atomic mass is 79.9. The summed E-state index contributed by atoms with van der Waals surface area (Å²) in [7, 11) is 1.58. The molecule has 0 aliphatic heterocycles. The molecule has 0 bridgehead atoms. The number of ether oxygens (including phenoxy) is 1. The molecule has 1 aliphatic rings. The Kier molecular flexibility index (Phi) is 4.72. The number of halogens is 1. The minimum Gasteiger partial charge on any atom is -0.496 e. The molecule has 3 nitrogen and oxygen atoms in total. The SMILES string of the molecule is COc1ccc(Br)cc1C(O)C1(C#N)CCC(C)CC1. The third kappa shape index (κ3) is 2.84. The molecule has 1 fully saturated rings. The second kappa shape index (κ2) is 6.15. The molecule has 0 aromatic heterocycles. The zero-order valence-corrected chi connectivity index (χ0v) is 13.5. The van der Waals surface area contributed by atoms with Crippen LogP contribution < -0.4 is 4.74 Å². The van der Waals surface area contributed by atoms with E-state index in [9.17, 15) is 10.4 Å². The molecule has 0 spiro atoms. The molecule has 0 radical (unpaired) electrons. The smallest absolute Gasteiger partial charge is 0.124 e. The monoisotopic (exact) mass is 337 g/mol. The lowest BCUT2D eigenvalue weighted by Crippen LogP contribution is -2.32. The fourth-order valence-corrected chi connectivity index (χ4v) is 3.32. The van der Waals surface area contributed by atoms with Gasteiger partial charge in [0.2, 0.25) is 0 Å². The summed E-state index contributed by atoms with van der Waals surface area (Å²) >= 11 is 3.42. The van der Waals surface area contributed by atoms with Crippen molar-refractivity contribution >= 4 is 15.9 Å². The van der Waals surface area contributed by atoms with E-state index >= 15 is 0 Å². The van der Waals surface area contributed by atoms with Gasteiger partial charge in [-0.2, -0.15) is 5.26 Å². The van der Waals surface area contributed by atoms with Crippen molar-refractivity contribution in [1.29, 1.82) is 5.26 Å². The maximum atomic E-state index is 10.8. The highest BCUT2D eigenvalue weighted by Gasteiger charge is 2.42. The van der Waals surface area contributed by atoms with Gasteiger partial charge in [-0.1, -0.05) is 22.9 Å². The van der Waals surface area contributed by atoms with Crippen molar-refractivity contribution in [3.8, 4) is 11.8 Å². The predicted octanol–water partition coefficient (Wildman–Crippen LogP) is 4.21. The Morgan fingerprint density at radius 3 is 2.65 bits per heavy atom. The van der Waals surface area contributed by atoms with Gasteiger partial charge in [0.1, 0.15) is 11.9 Å². The Morgan fingerprint density at radius 1 is 1.45 bits per heavy atom. The molecule has 2 rings (SSSR count). The summed E-state index contributed by atoms with van der Waals surface area (Å²) in [6, 6.07) is 7.92. The van der Waals surface area contributed by atoms with Crippen molar-refractivity contribution in [2.45, 2.75) is 38.7 Å². The van der Waals surface area contributed by atoms with E-state index in [1.54, 1.807) is 7.11 Å². The Morgan fingerprint density at radius 2 is 2.10 bits per heavy atom. The second-order valence-corrected chi connectivity index (χ2v) is 6.65. The molecular formula is C16H20BrNO2. The topological polar surface area (TPSA) is 53.2 Å². The molecule has 1 atom stereocenters. The lowest BCUT2D eigenvalue weighted by atomic mass is 9.67. The lowest BCUT2D eigenvalue weighted by molar-refractivity contribution is 0.0250. The van der Waals surface area contributed by atoms with Gasteiger partial charge in [-0.05, 0) is 49.8 Å². The highest BCUT2D eigenvalue weighted by Crippen LogP contribution is 2.49. The molecule has 1 aliphatic carbocycles. The van der Waals surface area contributed by atoms with Crippen LogP contribution in [-0.2, 0) is 0 Å². The molecule has 1 saturated carbocycles. The van der Waals surface area contributed by atoms with Crippen molar-refractivity contribution in [1.82, 2.24) is 0 Å². The van der Waals surface area contributed by atoms with E-state index in [1.807, 2.05) is 18.2 Å². The maximum absolute atomic E-state index is 10.8. The third-order valence-corrected chi connectivity index (χ3v) is 4.89. The maximum Gasteiger partial charge on any atom is 0.124 e. The first-order chi connectivity index (χ1) is 9.52. The molecule has 0 saturated heterocycles. The van der Waals surface area contributed by atoms with Crippen LogP contribution in [0.3, 0.4) is 0 Å². The minimum absolute atomic E-state index is 0.632. The number of hydrogen-bond donors (Lipinski definition) is 1. The molecule has 20 heavy (non-hydrogen) atoms. The van der Waals surface area contributed by atoms with E-state index < -0.39 is 11.5 Å². The van der Waals surface area contributed by atoms with E-state index in [1.165, 1.54) is 0 Å². The fraction of sp³-hybridized carbons (Fsp3) is 0.562. The average molecular weight is 338 g/mol. The van der Waals surface area contributed by atoms with Crippen LogP contribution in [0.1, 0.15) is 44.3 Å². The number of benzene rings is 1. The molecule has 0 amide bonds. The van der Waals surface area contributed by atoms with E-state index in [-0.39, 0.29) is 0 Å². The second-order valence-electron chi connectivity index (χ2n) is 5.74. The summed E-state index contributed by atoms with van der Waals surface area (Å²) < 4.78 is 6.21. The van der Waals surface area contributed by atoms with Gasteiger partial charge in [0.25, 0.3) is 0 Å². The summed E-state index contributed by atoms with van der Waals surface area (Å²) in [5, 5.41) is 20.4. The average Bonchev–Trinajstić information content (AvgIpc) is 2.47. The quantitative estimate of drug-likeness (QED) is 0.898. The molecule has 4 heteroatoms. The van der Waals surface area contributed by atoms with Crippen LogP contribution in [0.5, 0.6) is 5.75 Å². The van der Waals surface area contributed by atoms with E-state index in [0.717, 1.165) is 30.2 Å². The Labute approximate surface area is 128 Å². The van der Waals surface area contributed by atoms with Crippen LogP contribution >= 0.6 is 15.9 Å². The standard InChI is InChI=1S/C16H20BrNO2/c1-11-5-7-16(10-18,8-6-11)15(19)13-9-12(17)3-4-14(13)20-2/h3-4,9,11,15,19H,5-8H2,1-2H3. The molecule has 1 unspecified atom stereocenters. The van der Waals surface area contributed by atoms with E-state index in [2.05, 4.69) is 28.9 Å². The van der Waals surface area contributed by atoms with Gasteiger partial charge in [0, 0.05) is 10.0 Å². The summed E-state index contributed by atoms with van der Waals surface area (Å²) in [6.45, 7) is 2.20. The summed E-state index contributed by atoms with van der Waals surface area (Å²) in [6.07, 6.45) is 2.64. The molecular weight excluding hydrogens is 318 g/mol. The van der Waals surface area contributed by atoms with E-state index in [0.29, 0.717) is 17.2 Å². The van der Waals surface area contributed by atoms with Gasteiger partial charge >= 0.3 is 0 Å². The van der Waals surface area contributed by atoms with Crippen LogP contribution in [0, 0.1) is 22.7 Å². The van der Waals surface area contributed by atoms with Gasteiger partial charge in [-0.3, -0.25) is 0 Å². The number of methoxy groups -OCH3 is 1. The molecule has 1 aromatic rings. The number of nitriles is 1. The van der Waals surface area contributed by atoms with Gasteiger partial charge in [-0.25, -0.2) is 0 Å². The number of nitrogens with zero attached hydrogens (tertiary/aromatic N) is 1. The zero-order valence-electron chi connectivity index (χ0n) is 11.9. The van der Waals surface area contributed by atoms with Crippen LogP contribution in [0.15, 0.2) is 22.7 Å². The number of aliphatic hydroxyl groups excluding tert-OH is 1. The molecule has 1 N–H and O–H groups in total. The van der Waals surface area contributed by atoms with Crippen LogP contribution in [0.25, 0.3) is 0 Å². The van der Waals surface area contributed by atoms with Gasteiger partial charge in [-0.15, -0.1) is 0 Å². The number of aliphatic hydroxyl groups is 1. The number of rotatable bonds is 3. The Bertz CT molecular complexity index is 516. The van der Waals surface area contributed by atoms with E-state index in [4.69, 9.17) is 4.74 Å². The van der Waals surface area contributed by atoms with Crippen LogP contribution in [-0.4, -0.2) is 12.2 Å². The Balaban J connectivity index is 2.36. The van der Waals surface area contributed by atoms with Crippen molar-refractivity contribution in [2.75, 3.05) is 7.11 Å². The predicted molar refractivity (Wildman–Crippen MR) is 81.3 cm³/mol. The fourth-order valence-electron chi connectivity index (χ4n) is 2.94. The minimum atomic E-state index is -0.813. The van der Waals surface area contributed by atoms with Gasteiger partial charge in [0.05, 0.1) is 18.6 Å². The van der Waals surface area contributed by atoms with Gasteiger partial charge < -0.3 is 9.84 Å². The Hall–Kier alpha value is -1.05. The summed E-state index contributed by atoms with van der Waals surface area (Å²) in [5.41, 5.74) is -0.00129. The van der Waals surface area contributed by atoms with Crippen LogP contribution in [0.4, 0.5) is 0 Å². The first-order valence-corrected chi connectivity index (χ1v) is 7.74. The normalized spacial score (nSPS) is 27.6. The summed E-state index contributed by atoms with van der Waals surface area (Å²) in [5.74, 6) is 1.27. The highest BCUT2D eigenvalue weighted by molar-refractivity contribution is 9.10. The van der Waals surface area contributed by atoms with Gasteiger partial charge in [0.15, 0.2) is 0 Å². The van der Waals surface area contributed by atoms with Crippen LogP contribution in [0.2, 0.25) is 0 Å². The number of hydrogen-bond acceptors (Lipinski definition) is 3. The van der Waals surface area contributed by atoms with Crippen molar-refractivity contribution in [2.24, 2.45) is 11.3 Å². The molecule has 0 heterocycles. The molecule has 108 valence electrons. The molecule has 1 aromatic carbocycles.